The lowest BCUT2D eigenvalue weighted by Gasteiger charge is -2.26. The number of hydrogen-bond donors (Lipinski definition) is 1. The summed E-state index contributed by atoms with van der Waals surface area (Å²) in [7, 11) is 1.65. The number of carbonyl (C=O) groups excluding carboxylic acids is 1. The standard InChI is InChI=1S/C37H37N3O4S/c1-6-12-28-31(36(42)44-7-2)34(25-19-17-23(18-20-25)22(3)4)40-35(41)30(45-37(40)38-28)21-27-26-15-11-16-29(43-5)33(26)39-32(27)24-13-9-8-10-14-24/h8-11,13-22,34,39H,6-7,12H2,1-5H3/b30-21-/t34-/m0/s1. The van der Waals surface area contributed by atoms with Crippen LogP contribution in [-0.2, 0) is 9.53 Å². The minimum absolute atomic E-state index is 0.203. The maximum atomic E-state index is 14.5. The molecule has 1 atom stereocenters. The van der Waals surface area contributed by atoms with Crippen molar-refractivity contribution in [3.8, 4) is 17.0 Å². The zero-order valence-electron chi connectivity index (χ0n) is 26.2. The van der Waals surface area contributed by atoms with Crippen LogP contribution in [0.2, 0.25) is 0 Å². The fourth-order valence-electron chi connectivity index (χ4n) is 5.99. The summed E-state index contributed by atoms with van der Waals surface area (Å²) in [6.07, 6.45) is 3.34. The quantitative estimate of drug-likeness (QED) is 0.183. The molecular weight excluding hydrogens is 582 g/mol. The second-order valence-electron chi connectivity index (χ2n) is 11.4. The van der Waals surface area contributed by atoms with Gasteiger partial charge in [0.25, 0.3) is 5.56 Å². The van der Waals surface area contributed by atoms with Crippen LogP contribution >= 0.6 is 11.3 Å². The first-order valence-corrected chi connectivity index (χ1v) is 16.2. The van der Waals surface area contributed by atoms with Gasteiger partial charge in [0.1, 0.15) is 5.75 Å². The maximum Gasteiger partial charge on any atom is 0.338 e. The molecule has 230 valence electrons. The van der Waals surface area contributed by atoms with Crippen molar-refractivity contribution in [3.63, 3.8) is 0 Å². The van der Waals surface area contributed by atoms with E-state index >= 15 is 0 Å². The first-order valence-electron chi connectivity index (χ1n) is 15.4. The van der Waals surface area contributed by atoms with Gasteiger partial charge >= 0.3 is 5.97 Å². The molecule has 2 aromatic heterocycles. The third kappa shape index (κ3) is 5.55. The number of carbonyl (C=O) groups is 1. The Labute approximate surface area is 266 Å². The van der Waals surface area contributed by atoms with Crippen LogP contribution in [0, 0.1) is 0 Å². The summed E-state index contributed by atoms with van der Waals surface area (Å²) < 4.78 is 13.4. The largest absolute Gasteiger partial charge is 0.495 e. The van der Waals surface area contributed by atoms with Crippen molar-refractivity contribution in [2.24, 2.45) is 4.99 Å². The van der Waals surface area contributed by atoms with E-state index in [1.807, 2.05) is 66.7 Å². The molecule has 1 N–H and O–H groups in total. The van der Waals surface area contributed by atoms with E-state index in [4.69, 9.17) is 14.5 Å². The number of methoxy groups -OCH3 is 1. The van der Waals surface area contributed by atoms with Crippen LogP contribution in [0.25, 0.3) is 28.2 Å². The number of benzene rings is 3. The zero-order valence-corrected chi connectivity index (χ0v) is 27.0. The van der Waals surface area contributed by atoms with Crippen LogP contribution in [0.4, 0.5) is 0 Å². The SMILES string of the molecule is CCCC1=C(C(=O)OCC)[C@H](c2ccc(C(C)C)cc2)n2c(s/c(=C\c3c(-c4ccccc4)[nH]c4c(OC)cccc34)c2=O)=N1. The average Bonchev–Trinajstić information content (AvgIpc) is 3.58. The minimum atomic E-state index is -0.651. The van der Waals surface area contributed by atoms with Crippen molar-refractivity contribution in [1.82, 2.24) is 9.55 Å². The molecule has 0 bridgehead atoms. The van der Waals surface area contributed by atoms with Gasteiger partial charge in [0, 0.05) is 10.9 Å². The van der Waals surface area contributed by atoms with Gasteiger partial charge in [-0.25, -0.2) is 9.79 Å². The highest BCUT2D eigenvalue weighted by atomic mass is 32.1. The van der Waals surface area contributed by atoms with Gasteiger partial charge in [-0.3, -0.25) is 9.36 Å². The summed E-state index contributed by atoms with van der Waals surface area (Å²) in [4.78, 5) is 37.1. The van der Waals surface area contributed by atoms with Gasteiger partial charge in [0.15, 0.2) is 4.80 Å². The molecule has 0 aliphatic carbocycles. The predicted octanol–water partition coefficient (Wildman–Crippen LogP) is 6.86. The average molecular weight is 620 g/mol. The second kappa shape index (κ2) is 12.7. The molecule has 6 rings (SSSR count). The van der Waals surface area contributed by atoms with E-state index in [1.165, 1.54) is 16.9 Å². The van der Waals surface area contributed by atoms with Crippen molar-refractivity contribution in [3.05, 3.63) is 120 Å². The molecule has 5 aromatic rings. The fourth-order valence-corrected chi connectivity index (χ4v) is 7.00. The lowest BCUT2D eigenvalue weighted by molar-refractivity contribution is -0.139. The molecule has 45 heavy (non-hydrogen) atoms. The number of ether oxygens (including phenoxy) is 2. The number of nitrogens with one attached hydrogen (secondary N) is 1. The highest BCUT2D eigenvalue weighted by Gasteiger charge is 2.34. The lowest BCUT2D eigenvalue weighted by atomic mass is 9.92. The van der Waals surface area contributed by atoms with Gasteiger partial charge in [-0.05, 0) is 48.1 Å². The van der Waals surface area contributed by atoms with Crippen LogP contribution in [-0.4, -0.2) is 29.2 Å². The lowest BCUT2D eigenvalue weighted by Crippen LogP contribution is -2.40. The molecule has 0 fully saturated rings. The molecule has 0 saturated heterocycles. The highest BCUT2D eigenvalue weighted by Crippen LogP contribution is 2.36. The normalized spacial score (nSPS) is 15.0. The van der Waals surface area contributed by atoms with E-state index in [0.29, 0.717) is 32.9 Å². The molecule has 1 aliphatic heterocycles. The van der Waals surface area contributed by atoms with E-state index in [2.05, 4.69) is 37.9 Å². The molecule has 7 nitrogen and oxygen atoms in total. The number of allylic oxidation sites excluding steroid dienone is 1. The minimum Gasteiger partial charge on any atom is -0.495 e. The smallest absolute Gasteiger partial charge is 0.338 e. The van der Waals surface area contributed by atoms with E-state index in [9.17, 15) is 9.59 Å². The predicted molar refractivity (Wildman–Crippen MR) is 180 cm³/mol. The summed E-state index contributed by atoms with van der Waals surface area (Å²) >= 11 is 1.34. The number of para-hydroxylation sites is 1. The van der Waals surface area contributed by atoms with Crippen LogP contribution < -0.4 is 19.6 Å². The van der Waals surface area contributed by atoms with Crippen LogP contribution in [0.1, 0.15) is 69.2 Å². The Morgan fingerprint density at radius 3 is 2.47 bits per heavy atom. The Hall–Kier alpha value is -4.69. The second-order valence-corrected chi connectivity index (χ2v) is 12.4. The molecule has 0 unspecified atom stereocenters. The first-order chi connectivity index (χ1) is 21.9. The van der Waals surface area contributed by atoms with Gasteiger partial charge < -0.3 is 14.5 Å². The third-order valence-corrected chi connectivity index (χ3v) is 9.19. The Morgan fingerprint density at radius 1 is 1.04 bits per heavy atom. The molecule has 3 heterocycles. The number of fused-ring (bicyclic) bond motifs is 2. The van der Waals surface area contributed by atoms with Gasteiger partial charge in [-0.1, -0.05) is 105 Å². The molecule has 8 heteroatoms. The third-order valence-electron chi connectivity index (χ3n) is 8.20. The van der Waals surface area contributed by atoms with Gasteiger partial charge in [0.05, 0.1) is 46.8 Å². The number of thiazole rings is 1. The van der Waals surface area contributed by atoms with Crippen molar-refractivity contribution >= 4 is 34.3 Å². The molecule has 0 radical (unpaired) electrons. The Morgan fingerprint density at radius 2 is 1.80 bits per heavy atom. The monoisotopic (exact) mass is 619 g/mol. The van der Waals surface area contributed by atoms with Crippen molar-refractivity contribution in [2.45, 2.75) is 52.5 Å². The molecule has 0 saturated carbocycles. The van der Waals surface area contributed by atoms with Gasteiger partial charge in [-0.2, -0.15) is 0 Å². The molecular formula is C37H37N3O4S. The number of rotatable bonds is 9. The number of hydrogen-bond acceptors (Lipinski definition) is 6. The van der Waals surface area contributed by atoms with E-state index in [-0.39, 0.29) is 12.2 Å². The maximum absolute atomic E-state index is 14.5. The fraction of sp³-hybridized carbons (Fsp3) is 0.270. The van der Waals surface area contributed by atoms with E-state index < -0.39 is 12.0 Å². The number of H-pyrrole nitrogens is 1. The molecule has 1 aliphatic rings. The Kier molecular flexibility index (Phi) is 8.59. The zero-order chi connectivity index (χ0) is 31.7. The molecule has 0 spiro atoms. The Bertz CT molecular complexity index is 2080. The van der Waals surface area contributed by atoms with Crippen LogP contribution in [0.5, 0.6) is 5.75 Å². The first kappa shape index (κ1) is 30.3. The number of aromatic amines is 1. The number of esters is 1. The highest BCUT2D eigenvalue weighted by molar-refractivity contribution is 7.07. The topological polar surface area (TPSA) is 85.7 Å². The van der Waals surface area contributed by atoms with Gasteiger partial charge in [-0.15, -0.1) is 0 Å². The summed E-state index contributed by atoms with van der Waals surface area (Å²) in [5.41, 5.74) is 6.55. The number of nitrogens with zero attached hydrogens (tertiary/aromatic N) is 2. The summed E-state index contributed by atoms with van der Waals surface area (Å²) in [5.74, 6) is 0.635. The van der Waals surface area contributed by atoms with Gasteiger partial charge in [0.2, 0.25) is 0 Å². The summed E-state index contributed by atoms with van der Waals surface area (Å²) in [5, 5.41) is 0.943. The van der Waals surface area contributed by atoms with Crippen molar-refractivity contribution in [2.75, 3.05) is 13.7 Å². The van der Waals surface area contributed by atoms with E-state index in [1.54, 1.807) is 18.6 Å². The van der Waals surface area contributed by atoms with Crippen LogP contribution in [0.15, 0.2) is 93.9 Å². The van der Waals surface area contributed by atoms with Crippen LogP contribution in [0.3, 0.4) is 0 Å². The molecule has 3 aromatic carbocycles. The summed E-state index contributed by atoms with van der Waals surface area (Å²) in [6.45, 7) is 8.37. The summed E-state index contributed by atoms with van der Waals surface area (Å²) in [6, 6.07) is 23.5. The van der Waals surface area contributed by atoms with Crippen molar-refractivity contribution < 1.29 is 14.3 Å². The number of aromatic nitrogens is 2. The van der Waals surface area contributed by atoms with E-state index in [0.717, 1.165) is 45.5 Å². The molecule has 0 amide bonds. The van der Waals surface area contributed by atoms with Crippen molar-refractivity contribution in [1.29, 1.82) is 0 Å². The Balaban J connectivity index is 1.63.